The van der Waals surface area contributed by atoms with Crippen molar-refractivity contribution in [3.05, 3.63) is 18.1 Å². The molecule has 0 spiro atoms. The Morgan fingerprint density at radius 3 is 2.61 bits per heavy atom. The van der Waals surface area contributed by atoms with E-state index in [4.69, 9.17) is 0 Å². The van der Waals surface area contributed by atoms with Crippen LogP contribution in [0.5, 0.6) is 0 Å². The smallest absolute Gasteiger partial charge is 0.274 e. The minimum absolute atomic E-state index is 0.0354. The first-order chi connectivity index (χ1) is 10.9. The van der Waals surface area contributed by atoms with Gasteiger partial charge < -0.3 is 10.2 Å². The lowest BCUT2D eigenvalue weighted by Crippen LogP contribution is -2.41. The largest absolute Gasteiger partial charge is 0.366 e. The van der Waals surface area contributed by atoms with E-state index in [2.05, 4.69) is 22.2 Å². The summed E-state index contributed by atoms with van der Waals surface area (Å²) in [4.78, 5) is 22.5. The van der Waals surface area contributed by atoms with E-state index in [1.807, 2.05) is 13.8 Å². The van der Waals surface area contributed by atoms with Gasteiger partial charge in [0.2, 0.25) is 0 Å². The van der Waals surface area contributed by atoms with Crippen molar-refractivity contribution in [2.45, 2.75) is 45.7 Å². The van der Waals surface area contributed by atoms with E-state index in [1.165, 1.54) is 6.20 Å². The molecular formula is C15H24N4O3S. The lowest BCUT2D eigenvalue weighted by atomic mass is 10.2. The Balaban J connectivity index is 2.09. The second-order valence-electron chi connectivity index (χ2n) is 5.89. The third-order valence-electron chi connectivity index (χ3n) is 4.13. The predicted molar refractivity (Wildman–Crippen MR) is 89.2 cm³/mol. The van der Waals surface area contributed by atoms with Gasteiger partial charge in [0.15, 0.2) is 9.84 Å². The number of hydrogen-bond donors (Lipinski definition) is 1. The van der Waals surface area contributed by atoms with Crippen molar-refractivity contribution in [2.24, 2.45) is 0 Å². The zero-order chi connectivity index (χ0) is 17.0. The second-order valence-corrected chi connectivity index (χ2v) is 8.12. The van der Waals surface area contributed by atoms with Crippen molar-refractivity contribution in [3.63, 3.8) is 0 Å². The topological polar surface area (TPSA) is 92.3 Å². The van der Waals surface area contributed by atoms with Gasteiger partial charge in [-0.1, -0.05) is 6.92 Å². The monoisotopic (exact) mass is 340 g/mol. The first-order valence-electron chi connectivity index (χ1n) is 7.96. The molecule has 1 saturated heterocycles. The Morgan fingerprint density at radius 2 is 2.13 bits per heavy atom. The van der Waals surface area contributed by atoms with Crippen molar-refractivity contribution >= 4 is 21.6 Å². The zero-order valence-electron chi connectivity index (χ0n) is 13.8. The molecule has 0 radical (unpaired) electrons. The molecule has 0 saturated carbocycles. The highest BCUT2D eigenvalue weighted by atomic mass is 32.2. The van der Waals surface area contributed by atoms with E-state index in [1.54, 1.807) is 11.1 Å². The van der Waals surface area contributed by atoms with Crippen LogP contribution in [0.3, 0.4) is 0 Å². The minimum atomic E-state index is -3.03. The number of hydrogen-bond acceptors (Lipinski definition) is 6. The SMILES string of the molecule is CCC(C)Nc1cnc(C(=O)N(CC)C2CCS(=O)(=O)C2)cn1. The van der Waals surface area contributed by atoms with Gasteiger partial charge in [0, 0.05) is 18.6 Å². The lowest BCUT2D eigenvalue weighted by Gasteiger charge is -2.26. The molecule has 0 aromatic carbocycles. The summed E-state index contributed by atoms with van der Waals surface area (Å²) in [6.07, 6.45) is 4.43. The summed E-state index contributed by atoms with van der Waals surface area (Å²) < 4.78 is 23.2. The molecule has 0 bridgehead atoms. The standard InChI is InChI=1S/C15H24N4O3S/c1-4-11(3)18-14-9-16-13(8-17-14)15(20)19(5-2)12-6-7-23(21,22)10-12/h8-9,11-12H,4-7,10H2,1-3H3,(H,17,18). The molecule has 1 amide bonds. The molecule has 1 aromatic rings. The van der Waals surface area contributed by atoms with Gasteiger partial charge in [-0.05, 0) is 26.7 Å². The third kappa shape index (κ3) is 4.40. The van der Waals surface area contributed by atoms with Crippen LogP contribution in [0.4, 0.5) is 5.82 Å². The van der Waals surface area contributed by atoms with Gasteiger partial charge in [0.05, 0.1) is 23.9 Å². The summed E-state index contributed by atoms with van der Waals surface area (Å²) in [5, 5.41) is 3.19. The van der Waals surface area contributed by atoms with Crippen molar-refractivity contribution in [2.75, 3.05) is 23.4 Å². The maximum absolute atomic E-state index is 12.6. The van der Waals surface area contributed by atoms with Crippen LogP contribution in [-0.4, -0.2) is 59.3 Å². The number of carbonyl (C=O) groups is 1. The Morgan fingerprint density at radius 1 is 1.39 bits per heavy atom. The van der Waals surface area contributed by atoms with Crippen LogP contribution in [0.15, 0.2) is 12.4 Å². The molecular weight excluding hydrogens is 316 g/mol. The van der Waals surface area contributed by atoms with E-state index in [0.717, 1.165) is 6.42 Å². The van der Waals surface area contributed by atoms with Gasteiger partial charge in [-0.3, -0.25) is 4.79 Å². The number of nitrogens with zero attached hydrogens (tertiary/aromatic N) is 3. The van der Waals surface area contributed by atoms with Crippen molar-refractivity contribution < 1.29 is 13.2 Å². The molecule has 2 unspecified atom stereocenters. The van der Waals surface area contributed by atoms with E-state index >= 15 is 0 Å². The van der Waals surface area contributed by atoms with Crippen LogP contribution in [0, 0.1) is 0 Å². The number of aromatic nitrogens is 2. The first kappa shape index (κ1) is 17.7. The van der Waals surface area contributed by atoms with Gasteiger partial charge in [0.25, 0.3) is 5.91 Å². The number of anilines is 1. The molecule has 2 rings (SSSR count). The normalized spacial score (nSPS) is 20.9. The summed E-state index contributed by atoms with van der Waals surface area (Å²) in [6, 6.07) is 0.0129. The molecule has 2 heterocycles. The summed E-state index contributed by atoms with van der Waals surface area (Å²) in [5.74, 6) is 0.540. The predicted octanol–water partition coefficient (Wildman–Crippen LogP) is 1.34. The minimum Gasteiger partial charge on any atom is -0.366 e. The molecule has 1 aromatic heterocycles. The zero-order valence-corrected chi connectivity index (χ0v) is 14.6. The number of rotatable bonds is 6. The van der Waals surface area contributed by atoms with Gasteiger partial charge in [0.1, 0.15) is 11.5 Å². The summed E-state index contributed by atoms with van der Waals surface area (Å²) in [6.45, 7) is 6.40. The Labute approximate surface area is 137 Å². The number of amides is 1. The van der Waals surface area contributed by atoms with Crippen molar-refractivity contribution in [3.8, 4) is 0 Å². The Hall–Kier alpha value is -1.70. The first-order valence-corrected chi connectivity index (χ1v) is 9.78. The van der Waals surface area contributed by atoms with Gasteiger partial charge in [-0.15, -0.1) is 0 Å². The summed E-state index contributed by atoms with van der Waals surface area (Å²) in [5.41, 5.74) is 0.242. The van der Waals surface area contributed by atoms with Crippen LogP contribution in [0.1, 0.15) is 44.1 Å². The third-order valence-corrected chi connectivity index (χ3v) is 5.88. The van der Waals surface area contributed by atoms with E-state index in [0.29, 0.717) is 18.8 Å². The fourth-order valence-corrected chi connectivity index (χ4v) is 4.33. The molecule has 1 fully saturated rings. The van der Waals surface area contributed by atoms with Crippen LogP contribution >= 0.6 is 0 Å². The van der Waals surface area contributed by atoms with E-state index in [-0.39, 0.29) is 35.2 Å². The van der Waals surface area contributed by atoms with E-state index in [9.17, 15) is 13.2 Å². The molecule has 1 N–H and O–H groups in total. The highest BCUT2D eigenvalue weighted by molar-refractivity contribution is 7.91. The van der Waals surface area contributed by atoms with Crippen LogP contribution in [0.2, 0.25) is 0 Å². The fraction of sp³-hybridized carbons (Fsp3) is 0.667. The number of sulfone groups is 1. The van der Waals surface area contributed by atoms with Crippen LogP contribution < -0.4 is 5.32 Å². The van der Waals surface area contributed by atoms with Crippen LogP contribution in [0.25, 0.3) is 0 Å². The fourth-order valence-electron chi connectivity index (χ4n) is 2.60. The highest BCUT2D eigenvalue weighted by Gasteiger charge is 2.34. The molecule has 128 valence electrons. The summed E-state index contributed by atoms with van der Waals surface area (Å²) in [7, 11) is -3.03. The molecule has 1 aliphatic heterocycles. The molecule has 2 atom stereocenters. The van der Waals surface area contributed by atoms with Gasteiger partial charge in [-0.25, -0.2) is 18.4 Å². The van der Waals surface area contributed by atoms with Crippen molar-refractivity contribution in [1.82, 2.24) is 14.9 Å². The van der Waals surface area contributed by atoms with Gasteiger partial charge in [-0.2, -0.15) is 0 Å². The molecule has 1 aliphatic rings. The highest BCUT2D eigenvalue weighted by Crippen LogP contribution is 2.19. The maximum Gasteiger partial charge on any atom is 0.274 e. The number of carbonyl (C=O) groups excluding carboxylic acids is 1. The lowest BCUT2D eigenvalue weighted by molar-refractivity contribution is 0.0702. The Bertz CT molecular complexity index is 645. The Kier molecular flexibility index (Phi) is 5.56. The number of nitrogens with one attached hydrogen (secondary N) is 1. The second kappa shape index (κ2) is 7.25. The van der Waals surface area contributed by atoms with E-state index < -0.39 is 9.84 Å². The molecule has 7 nitrogen and oxygen atoms in total. The quantitative estimate of drug-likeness (QED) is 0.840. The average molecular weight is 340 g/mol. The molecule has 23 heavy (non-hydrogen) atoms. The van der Waals surface area contributed by atoms with Gasteiger partial charge >= 0.3 is 0 Å². The average Bonchev–Trinajstić information content (AvgIpc) is 2.88. The van der Waals surface area contributed by atoms with Crippen molar-refractivity contribution in [1.29, 1.82) is 0 Å². The molecule has 8 heteroatoms. The summed E-state index contributed by atoms with van der Waals surface area (Å²) >= 11 is 0. The molecule has 0 aliphatic carbocycles. The van der Waals surface area contributed by atoms with Crippen LogP contribution in [-0.2, 0) is 9.84 Å². The maximum atomic E-state index is 12.6.